The van der Waals surface area contributed by atoms with E-state index in [9.17, 15) is 8.42 Å². The van der Waals surface area contributed by atoms with Crippen molar-refractivity contribution in [1.29, 1.82) is 0 Å². The van der Waals surface area contributed by atoms with Crippen LogP contribution in [0.15, 0.2) is 47.4 Å². The van der Waals surface area contributed by atoms with Crippen molar-refractivity contribution in [2.45, 2.75) is 56.6 Å². The minimum atomic E-state index is -3.86. The lowest BCUT2D eigenvalue weighted by molar-refractivity contribution is 0.0670. The summed E-state index contributed by atoms with van der Waals surface area (Å²) in [5.41, 5.74) is 1.90. The topological polar surface area (TPSA) is 95.3 Å². The molecular formula is C25H31ClN4O4S. The normalized spacial score (nSPS) is 15.3. The Balaban J connectivity index is 1.74. The Hall–Kier alpha value is -2.46. The van der Waals surface area contributed by atoms with Crippen molar-refractivity contribution in [1.82, 2.24) is 14.8 Å². The maximum Gasteiger partial charge on any atom is 0.261 e. The summed E-state index contributed by atoms with van der Waals surface area (Å²) in [5.74, 6) is 1.20. The molecule has 10 heteroatoms. The van der Waals surface area contributed by atoms with Crippen LogP contribution in [0.25, 0.3) is 11.4 Å². The second-order valence-electron chi connectivity index (χ2n) is 9.66. The lowest BCUT2D eigenvalue weighted by Gasteiger charge is -2.26. The van der Waals surface area contributed by atoms with Gasteiger partial charge in [-0.2, -0.15) is 0 Å². The molecule has 1 aliphatic rings. The highest BCUT2D eigenvalue weighted by atomic mass is 35.5. The van der Waals surface area contributed by atoms with Crippen LogP contribution >= 0.6 is 11.6 Å². The summed E-state index contributed by atoms with van der Waals surface area (Å²) in [6.45, 7) is 7.80. The summed E-state index contributed by atoms with van der Waals surface area (Å²) in [4.78, 5) is 0.178. The number of sulfonamides is 1. The maximum absolute atomic E-state index is 13.3. The zero-order chi connectivity index (χ0) is 25.2. The molecule has 1 fully saturated rings. The largest absolute Gasteiger partial charge is 0.381 e. The highest BCUT2D eigenvalue weighted by Gasteiger charge is 2.26. The van der Waals surface area contributed by atoms with Crippen LogP contribution in [0.3, 0.4) is 0 Å². The van der Waals surface area contributed by atoms with Gasteiger partial charge in [-0.05, 0) is 54.2 Å². The van der Waals surface area contributed by atoms with Crippen LogP contribution in [0.4, 0.5) is 5.69 Å². The maximum atomic E-state index is 13.3. The lowest BCUT2D eigenvalue weighted by Crippen LogP contribution is -2.22. The number of nitrogens with one attached hydrogen (secondary N) is 1. The van der Waals surface area contributed by atoms with Gasteiger partial charge in [0.2, 0.25) is 0 Å². The second kappa shape index (κ2) is 10.3. The number of methoxy groups -OCH3 is 1. The highest BCUT2D eigenvalue weighted by Crippen LogP contribution is 2.35. The molecule has 8 nitrogen and oxygen atoms in total. The van der Waals surface area contributed by atoms with Gasteiger partial charge in [-0.15, -0.1) is 10.2 Å². The zero-order valence-electron chi connectivity index (χ0n) is 20.4. The van der Waals surface area contributed by atoms with E-state index in [1.165, 1.54) is 0 Å². The number of rotatable bonds is 7. The first kappa shape index (κ1) is 25.6. The molecule has 35 heavy (non-hydrogen) atoms. The van der Waals surface area contributed by atoms with Crippen LogP contribution < -0.4 is 4.72 Å². The number of nitrogens with zero attached hydrogens (tertiary/aromatic N) is 3. The van der Waals surface area contributed by atoms with Gasteiger partial charge in [-0.3, -0.25) is 4.72 Å². The van der Waals surface area contributed by atoms with E-state index >= 15 is 0 Å². The molecule has 4 rings (SSSR count). The summed E-state index contributed by atoms with van der Waals surface area (Å²) in [7, 11) is -2.25. The number of halogens is 1. The third-order valence-corrected chi connectivity index (χ3v) is 7.71. The predicted molar refractivity (Wildman–Crippen MR) is 136 cm³/mol. The van der Waals surface area contributed by atoms with E-state index in [2.05, 4.69) is 35.7 Å². The van der Waals surface area contributed by atoms with Crippen molar-refractivity contribution in [3.05, 3.63) is 58.9 Å². The molecule has 0 spiro atoms. The minimum Gasteiger partial charge on any atom is -0.381 e. The number of anilines is 1. The molecule has 0 atom stereocenters. The first-order valence-corrected chi connectivity index (χ1v) is 13.4. The van der Waals surface area contributed by atoms with Gasteiger partial charge >= 0.3 is 0 Å². The van der Waals surface area contributed by atoms with Crippen molar-refractivity contribution in [2.24, 2.45) is 0 Å². The Morgan fingerprint density at radius 2 is 1.80 bits per heavy atom. The van der Waals surface area contributed by atoms with E-state index in [0.717, 1.165) is 18.4 Å². The SMILES string of the molecule is COCc1nnc(-c2cc(Cl)ccc2NS(=O)(=O)c2ccc(C(C)(C)C)cc2)n1C1CCOCC1. The fraction of sp³-hybridized carbons (Fsp3) is 0.440. The molecule has 1 aliphatic heterocycles. The Labute approximate surface area is 211 Å². The first-order chi connectivity index (χ1) is 16.6. The number of ether oxygens (including phenoxy) is 2. The molecule has 0 amide bonds. The third kappa shape index (κ3) is 5.69. The Morgan fingerprint density at radius 3 is 2.43 bits per heavy atom. The molecule has 0 unspecified atom stereocenters. The fourth-order valence-electron chi connectivity index (χ4n) is 4.19. The van der Waals surface area contributed by atoms with Gasteiger partial charge < -0.3 is 14.0 Å². The molecule has 0 aliphatic carbocycles. The molecule has 2 heterocycles. The number of aromatic nitrogens is 3. The van der Waals surface area contributed by atoms with Crippen molar-refractivity contribution in [3.8, 4) is 11.4 Å². The average molecular weight is 519 g/mol. The molecule has 0 saturated carbocycles. The van der Waals surface area contributed by atoms with Crippen LogP contribution in [-0.4, -0.2) is 43.5 Å². The fourth-order valence-corrected chi connectivity index (χ4v) is 5.44. The number of benzene rings is 2. The molecule has 1 N–H and O–H groups in total. The predicted octanol–water partition coefficient (Wildman–Crippen LogP) is 5.19. The molecule has 1 saturated heterocycles. The summed E-state index contributed by atoms with van der Waals surface area (Å²) >= 11 is 6.34. The molecule has 2 aromatic carbocycles. The van der Waals surface area contributed by atoms with E-state index in [1.807, 2.05) is 16.7 Å². The Bertz CT molecular complexity index is 1280. The van der Waals surface area contributed by atoms with E-state index in [0.29, 0.717) is 41.1 Å². The van der Waals surface area contributed by atoms with Crippen LogP contribution in [-0.2, 0) is 31.5 Å². The van der Waals surface area contributed by atoms with E-state index in [-0.39, 0.29) is 23.0 Å². The minimum absolute atomic E-state index is 0.0762. The van der Waals surface area contributed by atoms with Gasteiger partial charge in [0.1, 0.15) is 6.61 Å². The summed E-state index contributed by atoms with van der Waals surface area (Å²) in [6, 6.07) is 12.0. The zero-order valence-corrected chi connectivity index (χ0v) is 22.0. The second-order valence-corrected chi connectivity index (χ2v) is 11.8. The molecule has 0 radical (unpaired) electrons. The third-order valence-electron chi connectivity index (χ3n) is 6.09. The smallest absolute Gasteiger partial charge is 0.261 e. The summed E-state index contributed by atoms with van der Waals surface area (Å²) < 4.78 is 42.2. The van der Waals surface area contributed by atoms with Crippen molar-refractivity contribution in [2.75, 3.05) is 25.0 Å². The summed E-state index contributed by atoms with van der Waals surface area (Å²) in [6.07, 6.45) is 1.59. The molecule has 0 bridgehead atoms. The molecular weight excluding hydrogens is 488 g/mol. The standard InChI is InChI=1S/C25H31ClN4O4S/c1-25(2,3)17-5-8-20(9-6-17)35(31,32)29-22-10-7-18(26)15-21(22)24-28-27-23(16-33-4)30(24)19-11-13-34-14-12-19/h5-10,15,19,29H,11-14,16H2,1-4H3. The van der Waals surface area contributed by atoms with Gasteiger partial charge in [0.25, 0.3) is 10.0 Å². The Morgan fingerprint density at radius 1 is 1.11 bits per heavy atom. The van der Waals surface area contributed by atoms with Crippen molar-refractivity contribution < 1.29 is 17.9 Å². The van der Waals surface area contributed by atoms with Gasteiger partial charge in [-0.25, -0.2) is 8.42 Å². The number of hydrogen-bond donors (Lipinski definition) is 1. The van der Waals surface area contributed by atoms with Crippen molar-refractivity contribution >= 4 is 27.3 Å². The molecule has 188 valence electrons. The van der Waals surface area contributed by atoms with E-state index < -0.39 is 10.0 Å². The van der Waals surface area contributed by atoms with Gasteiger partial charge in [0.05, 0.1) is 10.6 Å². The van der Waals surface area contributed by atoms with E-state index in [4.69, 9.17) is 21.1 Å². The van der Waals surface area contributed by atoms with E-state index in [1.54, 1.807) is 37.4 Å². The highest BCUT2D eigenvalue weighted by molar-refractivity contribution is 7.92. The monoisotopic (exact) mass is 518 g/mol. The van der Waals surface area contributed by atoms with Crippen molar-refractivity contribution in [3.63, 3.8) is 0 Å². The lowest BCUT2D eigenvalue weighted by atomic mass is 9.87. The molecule has 1 aromatic heterocycles. The average Bonchev–Trinajstić information content (AvgIpc) is 3.24. The Kier molecular flexibility index (Phi) is 7.51. The summed E-state index contributed by atoms with van der Waals surface area (Å²) in [5, 5.41) is 9.23. The van der Waals surface area contributed by atoms with Crippen LogP contribution in [0.2, 0.25) is 5.02 Å². The van der Waals surface area contributed by atoms with Gasteiger partial charge in [0.15, 0.2) is 11.6 Å². The quantitative estimate of drug-likeness (QED) is 0.462. The van der Waals surface area contributed by atoms with Gasteiger partial charge in [-0.1, -0.05) is 44.5 Å². The van der Waals surface area contributed by atoms with Gasteiger partial charge in [0, 0.05) is 37.0 Å². The first-order valence-electron chi connectivity index (χ1n) is 11.5. The van der Waals surface area contributed by atoms with Crippen LogP contribution in [0.1, 0.15) is 51.0 Å². The van der Waals surface area contributed by atoms with Crippen LogP contribution in [0, 0.1) is 0 Å². The number of hydrogen-bond acceptors (Lipinski definition) is 6. The van der Waals surface area contributed by atoms with Crippen LogP contribution in [0.5, 0.6) is 0 Å². The molecule has 3 aromatic rings.